The molecule has 14 heavy (non-hydrogen) atoms. The zero-order chi connectivity index (χ0) is 11.0. The van der Waals surface area contributed by atoms with E-state index in [1.54, 1.807) is 0 Å². The SMILES string of the molecule is CCOCCC(CCl)(CCl)CC(C)C. The molecule has 0 aromatic carbocycles. The van der Waals surface area contributed by atoms with Crippen LogP contribution in [0, 0.1) is 11.3 Å². The van der Waals surface area contributed by atoms with E-state index in [2.05, 4.69) is 13.8 Å². The Bertz CT molecular complexity index is 133. The van der Waals surface area contributed by atoms with Crippen molar-refractivity contribution in [2.75, 3.05) is 25.0 Å². The molecule has 0 saturated carbocycles. The van der Waals surface area contributed by atoms with Gasteiger partial charge in [0.2, 0.25) is 0 Å². The number of rotatable bonds is 8. The van der Waals surface area contributed by atoms with Crippen molar-refractivity contribution < 1.29 is 4.74 Å². The number of hydrogen-bond donors (Lipinski definition) is 0. The largest absolute Gasteiger partial charge is 0.382 e. The predicted octanol–water partition coefficient (Wildman–Crippen LogP) is 3.92. The van der Waals surface area contributed by atoms with Crippen LogP contribution in [0.25, 0.3) is 0 Å². The second-order valence-electron chi connectivity index (χ2n) is 4.31. The molecule has 1 nitrogen and oxygen atoms in total. The highest BCUT2D eigenvalue weighted by atomic mass is 35.5. The molecule has 0 heterocycles. The molecule has 0 aliphatic rings. The van der Waals surface area contributed by atoms with Gasteiger partial charge in [0.15, 0.2) is 0 Å². The molecule has 0 saturated heterocycles. The van der Waals surface area contributed by atoms with Crippen molar-refractivity contribution >= 4 is 23.2 Å². The summed E-state index contributed by atoms with van der Waals surface area (Å²) < 4.78 is 5.36. The molecule has 0 rings (SSSR count). The van der Waals surface area contributed by atoms with E-state index in [0.717, 1.165) is 26.1 Å². The predicted molar refractivity (Wildman–Crippen MR) is 64.4 cm³/mol. The maximum atomic E-state index is 6.01. The van der Waals surface area contributed by atoms with E-state index in [4.69, 9.17) is 27.9 Å². The summed E-state index contributed by atoms with van der Waals surface area (Å²) in [5.74, 6) is 1.89. The molecular weight excluding hydrogens is 219 g/mol. The van der Waals surface area contributed by atoms with Crippen molar-refractivity contribution in [2.45, 2.75) is 33.6 Å². The van der Waals surface area contributed by atoms with Crippen molar-refractivity contribution in [3.63, 3.8) is 0 Å². The zero-order valence-corrected chi connectivity index (χ0v) is 11.0. The van der Waals surface area contributed by atoms with Gasteiger partial charge >= 0.3 is 0 Å². The fraction of sp³-hybridized carbons (Fsp3) is 1.00. The smallest absolute Gasteiger partial charge is 0.0472 e. The van der Waals surface area contributed by atoms with E-state index in [1.807, 2.05) is 6.92 Å². The minimum Gasteiger partial charge on any atom is -0.382 e. The summed E-state index contributed by atoms with van der Waals surface area (Å²) >= 11 is 12.0. The van der Waals surface area contributed by atoms with Crippen LogP contribution in [-0.2, 0) is 4.74 Å². The van der Waals surface area contributed by atoms with E-state index in [1.165, 1.54) is 0 Å². The molecule has 0 N–H and O–H groups in total. The van der Waals surface area contributed by atoms with Crippen molar-refractivity contribution in [2.24, 2.45) is 11.3 Å². The lowest BCUT2D eigenvalue weighted by atomic mass is 9.81. The minimum absolute atomic E-state index is 0.0620. The van der Waals surface area contributed by atoms with Crippen LogP contribution >= 0.6 is 23.2 Å². The van der Waals surface area contributed by atoms with Gasteiger partial charge in [-0.25, -0.2) is 0 Å². The molecule has 0 unspecified atom stereocenters. The van der Waals surface area contributed by atoms with Crippen LogP contribution in [0.3, 0.4) is 0 Å². The second-order valence-corrected chi connectivity index (χ2v) is 4.85. The average molecular weight is 241 g/mol. The van der Waals surface area contributed by atoms with Gasteiger partial charge < -0.3 is 4.74 Å². The molecule has 0 spiro atoms. The number of ether oxygens (including phenoxy) is 1. The fourth-order valence-corrected chi connectivity index (χ4v) is 2.45. The highest BCUT2D eigenvalue weighted by molar-refractivity contribution is 6.21. The average Bonchev–Trinajstić information content (AvgIpc) is 2.16. The Labute approximate surface area is 98.1 Å². The van der Waals surface area contributed by atoms with Crippen LogP contribution in [0.4, 0.5) is 0 Å². The monoisotopic (exact) mass is 240 g/mol. The summed E-state index contributed by atoms with van der Waals surface area (Å²) in [6.07, 6.45) is 2.04. The van der Waals surface area contributed by atoms with Crippen molar-refractivity contribution in [1.82, 2.24) is 0 Å². The molecule has 0 aromatic rings. The Morgan fingerprint density at radius 3 is 2.14 bits per heavy atom. The van der Waals surface area contributed by atoms with E-state index < -0.39 is 0 Å². The second kappa shape index (κ2) is 7.78. The molecule has 86 valence electrons. The molecule has 0 radical (unpaired) electrons. The number of halogens is 2. The van der Waals surface area contributed by atoms with Gasteiger partial charge in [-0.15, -0.1) is 23.2 Å². The Hall–Kier alpha value is 0.540. The lowest BCUT2D eigenvalue weighted by Gasteiger charge is -2.31. The summed E-state index contributed by atoms with van der Waals surface area (Å²) in [5.41, 5.74) is 0.0620. The van der Waals surface area contributed by atoms with Crippen LogP contribution < -0.4 is 0 Å². The third kappa shape index (κ3) is 5.43. The maximum absolute atomic E-state index is 6.01. The topological polar surface area (TPSA) is 9.23 Å². The molecule has 3 heteroatoms. The van der Waals surface area contributed by atoms with Gasteiger partial charge in [-0.3, -0.25) is 0 Å². The van der Waals surface area contributed by atoms with Crippen molar-refractivity contribution in [1.29, 1.82) is 0 Å². The summed E-state index contributed by atoms with van der Waals surface area (Å²) in [5, 5.41) is 0. The third-order valence-corrected chi connectivity index (χ3v) is 3.52. The molecule has 0 aliphatic carbocycles. The van der Waals surface area contributed by atoms with Gasteiger partial charge in [-0.05, 0) is 31.1 Å². The fourth-order valence-electron chi connectivity index (χ4n) is 1.68. The maximum Gasteiger partial charge on any atom is 0.0472 e. The molecule has 0 amide bonds. The van der Waals surface area contributed by atoms with Gasteiger partial charge in [0.05, 0.1) is 0 Å². The van der Waals surface area contributed by atoms with Crippen LogP contribution in [0.5, 0.6) is 0 Å². The molecular formula is C11H22Cl2O. The summed E-state index contributed by atoms with van der Waals surface area (Å²) in [4.78, 5) is 0. The van der Waals surface area contributed by atoms with Crippen LogP contribution in [0.2, 0.25) is 0 Å². The normalized spacial score (nSPS) is 12.4. The highest BCUT2D eigenvalue weighted by Gasteiger charge is 2.28. The lowest BCUT2D eigenvalue weighted by Crippen LogP contribution is -2.29. The third-order valence-electron chi connectivity index (χ3n) is 2.39. The highest BCUT2D eigenvalue weighted by Crippen LogP contribution is 2.33. The summed E-state index contributed by atoms with van der Waals surface area (Å²) in [6.45, 7) is 7.94. The van der Waals surface area contributed by atoms with Crippen LogP contribution in [0.15, 0.2) is 0 Å². The minimum atomic E-state index is 0.0620. The zero-order valence-electron chi connectivity index (χ0n) is 9.48. The van der Waals surface area contributed by atoms with E-state index in [-0.39, 0.29) is 5.41 Å². The first-order chi connectivity index (χ1) is 6.60. The first-order valence-corrected chi connectivity index (χ1v) is 6.37. The Balaban J connectivity index is 4.07. The molecule has 0 aromatic heterocycles. The first-order valence-electron chi connectivity index (χ1n) is 5.30. The Morgan fingerprint density at radius 1 is 1.21 bits per heavy atom. The quantitative estimate of drug-likeness (QED) is 0.462. The van der Waals surface area contributed by atoms with Crippen LogP contribution in [-0.4, -0.2) is 25.0 Å². The van der Waals surface area contributed by atoms with Gasteiger partial charge in [-0.1, -0.05) is 13.8 Å². The van der Waals surface area contributed by atoms with E-state index in [9.17, 15) is 0 Å². The number of hydrogen-bond acceptors (Lipinski definition) is 1. The van der Waals surface area contributed by atoms with Crippen molar-refractivity contribution in [3.05, 3.63) is 0 Å². The Kier molecular flexibility index (Phi) is 8.08. The standard InChI is InChI=1S/C11H22Cl2O/c1-4-14-6-5-11(8-12,9-13)7-10(2)3/h10H,4-9H2,1-3H3. The molecule has 0 atom stereocenters. The first kappa shape index (κ1) is 14.5. The Morgan fingerprint density at radius 2 is 1.79 bits per heavy atom. The van der Waals surface area contributed by atoms with Crippen LogP contribution in [0.1, 0.15) is 33.6 Å². The summed E-state index contributed by atoms with van der Waals surface area (Å²) in [7, 11) is 0. The van der Waals surface area contributed by atoms with Gasteiger partial charge in [0, 0.05) is 25.0 Å². The van der Waals surface area contributed by atoms with Gasteiger partial charge in [-0.2, -0.15) is 0 Å². The summed E-state index contributed by atoms with van der Waals surface area (Å²) in [6, 6.07) is 0. The van der Waals surface area contributed by atoms with Gasteiger partial charge in [0.25, 0.3) is 0 Å². The molecule has 0 aliphatic heterocycles. The van der Waals surface area contributed by atoms with Gasteiger partial charge in [0.1, 0.15) is 0 Å². The number of alkyl halides is 2. The van der Waals surface area contributed by atoms with E-state index in [0.29, 0.717) is 17.7 Å². The molecule has 0 fully saturated rings. The van der Waals surface area contributed by atoms with E-state index >= 15 is 0 Å². The lowest BCUT2D eigenvalue weighted by molar-refractivity contribution is 0.109. The van der Waals surface area contributed by atoms with Crippen molar-refractivity contribution in [3.8, 4) is 0 Å². The molecule has 0 bridgehead atoms.